The van der Waals surface area contributed by atoms with Crippen LogP contribution in [0.15, 0.2) is 0 Å². The summed E-state index contributed by atoms with van der Waals surface area (Å²) >= 11 is 0. The van der Waals surface area contributed by atoms with Gasteiger partial charge < -0.3 is 9.16 Å². The topological polar surface area (TPSA) is 84.9 Å². The van der Waals surface area contributed by atoms with Gasteiger partial charge in [0.15, 0.2) is 9.04 Å². The van der Waals surface area contributed by atoms with E-state index >= 15 is 0 Å². The monoisotopic (exact) mass is 412 g/mol. The Morgan fingerprint density at radius 2 is 1.82 bits per heavy atom. The number of likely N-dealkylation sites (tertiary alicyclic amines) is 1. The molecule has 0 spiro atoms. The second-order valence-corrected chi connectivity index (χ2v) is 12.8. The van der Waals surface area contributed by atoms with E-state index in [0.29, 0.717) is 19.4 Å². The van der Waals surface area contributed by atoms with E-state index in [-0.39, 0.29) is 29.6 Å². The largest absolute Gasteiger partial charge is 0.444 e. The van der Waals surface area contributed by atoms with Gasteiger partial charge in [-0.1, -0.05) is 20.8 Å². The smallest absolute Gasteiger partial charge is 0.412 e. The molecule has 28 heavy (non-hydrogen) atoms. The molecule has 0 aromatic heterocycles. The van der Waals surface area contributed by atoms with Gasteiger partial charge in [-0.05, 0) is 51.6 Å². The minimum Gasteiger partial charge on any atom is -0.444 e. The van der Waals surface area contributed by atoms with Crippen molar-refractivity contribution in [1.82, 2.24) is 10.2 Å². The predicted molar refractivity (Wildman–Crippen MR) is 109 cm³/mol. The zero-order chi connectivity index (χ0) is 21.5. The number of nitrogens with one attached hydrogen (secondary N) is 1. The second-order valence-electron chi connectivity index (χ2n) is 10.5. The molecule has 1 N–H and O–H groups in total. The Morgan fingerprint density at radius 1 is 1.21 bits per heavy atom. The zero-order valence-corrected chi connectivity index (χ0v) is 19.7. The number of ether oxygens (including phenoxy) is 1. The Labute approximate surface area is 170 Å². The Bertz CT molecular complexity index is 637. The molecule has 2 fully saturated rings. The van der Waals surface area contributed by atoms with Crippen molar-refractivity contribution in [3.63, 3.8) is 0 Å². The normalized spacial score (nSPS) is 28.8. The number of hydrogen-bond acceptors (Lipinski definition) is 5. The van der Waals surface area contributed by atoms with Gasteiger partial charge in [0.05, 0.1) is 5.92 Å². The van der Waals surface area contributed by atoms with E-state index < -0.39 is 32.4 Å². The summed E-state index contributed by atoms with van der Waals surface area (Å²) in [4.78, 5) is 38.8. The molecule has 2 aliphatic heterocycles. The minimum atomic E-state index is -1.57. The molecule has 2 heterocycles. The Hall–Kier alpha value is -1.41. The summed E-state index contributed by atoms with van der Waals surface area (Å²) in [7, 11) is -1.57. The summed E-state index contributed by atoms with van der Waals surface area (Å²) in [6, 6.07) is 0. The fraction of sp³-hybridized carbons (Fsp3) is 0.850. The third-order valence-corrected chi connectivity index (χ3v) is 6.29. The molecule has 160 valence electrons. The van der Waals surface area contributed by atoms with Crippen LogP contribution in [0.4, 0.5) is 4.79 Å². The highest BCUT2D eigenvalue weighted by Gasteiger charge is 2.55. The van der Waals surface area contributed by atoms with Gasteiger partial charge in [0.25, 0.3) is 0 Å². The summed E-state index contributed by atoms with van der Waals surface area (Å²) in [5, 5.41) is 2.38. The first-order chi connectivity index (χ1) is 12.6. The molecule has 7 nitrogen and oxygen atoms in total. The summed E-state index contributed by atoms with van der Waals surface area (Å²) in [5.74, 6) is -0.820. The lowest BCUT2D eigenvalue weighted by molar-refractivity contribution is -0.128. The standard InChI is InChI=1S/C20H36N2O5Si/c1-18(2,3)14-11-20(27-28(7)8,10-13-9-15(23)21-16(13)24)22(12-14)17(25)26-19(4,5)6/h13-14,28H,9-12H2,1-8H3,(H,21,23,24)/t13?,14-,20-/m0/s1. The van der Waals surface area contributed by atoms with Gasteiger partial charge in [-0.15, -0.1) is 0 Å². The fourth-order valence-electron chi connectivity index (χ4n) is 4.03. The highest BCUT2D eigenvalue weighted by atomic mass is 28.3. The van der Waals surface area contributed by atoms with Gasteiger partial charge in [0.1, 0.15) is 11.3 Å². The Kier molecular flexibility index (Phi) is 6.36. The quantitative estimate of drug-likeness (QED) is 0.567. The van der Waals surface area contributed by atoms with E-state index in [1.807, 2.05) is 20.8 Å². The van der Waals surface area contributed by atoms with Crippen LogP contribution in [0.25, 0.3) is 0 Å². The first kappa shape index (κ1) is 22.9. The van der Waals surface area contributed by atoms with Crippen molar-refractivity contribution in [2.24, 2.45) is 17.3 Å². The molecule has 2 saturated heterocycles. The number of carbonyl (C=O) groups excluding carboxylic acids is 3. The van der Waals surface area contributed by atoms with Crippen molar-refractivity contribution in [3.05, 3.63) is 0 Å². The molecule has 8 heteroatoms. The summed E-state index contributed by atoms with van der Waals surface area (Å²) in [5.41, 5.74) is -1.57. The summed E-state index contributed by atoms with van der Waals surface area (Å²) in [6.45, 7) is 16.6. The van der Waals surface area contributed by atoms with Crippen molar-refractivity contribution in [2.75, 3.05) is 6.54 Å². The molecule has 0 aromatic rings. The SMILES string of the molecule is C[SiH](C)O[C@@]1(CC2CC(=O)NC2=O)C[C@H](C(C)(C)C)CN1C(=O)OC(C)(C)C. The maximum absolute atomic E-state index is 13.1. The van der Waals surface area contributed by atoms with Gasteiger partial charge in [-0.25, -0.2) is 4.79 Å². The number of rotatable bonds is 4. The van der Waals surface area contributed by atoms with E-state index in [1.165, 1.54) is 0 Å². The van der Waals surface area contributed by atoms with Crippen LogP contribution in [0.5, 0.6) is 0 Å². The number of amides is 3. The third kappa shape index (κ3) is 5.35. The average molecular weight is 413 g/mol. The van der Waals surface area contributed by atoms with Crippen LogP contribution in [-0.2, 0) is 18.8 Å². The molecule has 0 radical (unpaired) electrons. The molecule has 0 aromatic carbocycles. The lowest BCUT2D eigenvalue weighted by Crippen LogP contribution is -2.54. The van der Waals surface area contributed by atoms with Crippen molar-refractivity contribution in [2.45, 2.75) is 85.2 Å². The number of hydrogen-bond donors (Lipinski definition) is 1. The summed E-state index contributed by atoms with van der Waals surface area (Å²) < 4.78 is 12.2. The lowest BCUT2D eigenvalue weighted by Gasteiger charge is -2.41. The summed E-state index contributed by atoms with van der Waals surface area (Å²) in [6.07, 6.45) is 0.686. The van der Waals surface area contributed by atoms with Crippen molar-refractivity contribution < 1.29 is 23.5 Å². The Balaban J connectivity index is 2.41. The molecule has 0 aliphatic carbocycles. The van der Waals surface area contributed by atoms with Crippen molar-refractivity contribution >= 4 is 26.9 Å². The van der Waals surface area contributed by atoms with Crippen LogP contribution in [0, 0.1) is 17.3 Å². The molecule has 3 atom stereocenters. The van der Waals surface area contributed by atoms with E-state index in [1.54, 1.807) is 4.90 Å². The van der Waals surface area contributed by atoms with Crippen LogP contribution < -0.4 is 5.32 Å². The average Bonchev–Trinajstić information content (AvgIpc) is 2.97. The molecule has 2 rings (SSSR count). The van der Waals surface area contributed by atoms with Gasteiger partial charge in [0.2, 0.25) is 11.8 Å². The number of carbonyl (C=O) groups is 3. The first-order valence-electron chi connectivity index (χ1n) is 10.1. The first-order valence-corrected chi connectivity index (χ1v) is 12.9. The maximum Gasteiger partial charge on any atom is 0.412 e. The van der Waals surface area contributed by atoms with E-state index in [4.69, 9.17) is 9.16 Å². The minimum absolute atomic E-state index is 0.0301. The molecular formula is C20H36N2O5Si. The van der Waals surface area contributed by atoms with Crippen molar-refractivity contribution in [1.29, 1.82) is 0 Å². The van der Waals surface area contributed by atoms with Crippen LogP contribution in [0.2, 0.25) is 13.1 Å². The number of imide groups is 1. The number of nitrogens with zero attached hydrogens (tertiary/aromatic N) is 1. The van der Waals surface area contributed by atoms with Crippen LogP contribution >= 0.6 is 0 Å². The van der Waals surface area contributed by atoms with E-state index in [2.05, 4.69) is 39.2 Å². The Morgan fingerprint density at radius 3 is 2.25 bits per heavy atom. The van der Waals surface area contributed by atoms with E-state index in [0.717, 1.165) is 0 Å². The molecular weight excluding hydrogens is 376 g/mol. The zero-order valence-electron chi connectivity index (χ0n) is 18.5. The van der Waals surface area contributed by atoms with Gasteiger partial charge >= 0.3 is 6.09 Å². The predicted octanol–water partition coefficient (Wildman–Crippen LogP) is 3.04. The fourth-order valence-corrected chi connectivity index (χ4v) is 5.23. The third-order valence-electron chi connectivity index (χ3n) is 5.38. The highest BCUT2D eigenvalue weighted by molar-refractivity contribution is 6.48. The second kappa shape index (κ2) is 7.78. The molecule has 3 amide bonds. The molecule has 0 bridgehead atoms. The van der Waals surface area contributed by atoms with Crippen LogP contribution in [-0.4, -0.2) is 49.7 Å². The van der Waals surface area contributed by atoms with Crippen molar-refractivity contribution in [3.8, 4) is 0 Å². The van der Waals surface area contributed by atoms with E-state index in [9.17, 15) is 14.4 Å². The maximum atomic E-state index is 13.1. The van der Waals surface area contributed by atoms with Gasteiger partial charge in [-0.2, -0.15) is 0 Å². The highest BCUT2D eigenvalue weighted by Crippen LogP contribution is 2.47. The van der Waals surface area contributed by atoms with Gasteiger partial charge in [-0.3, -0.25) is 19.8 Å². The molecule has 1 unspecified atom stereocenters. The van der Waals surface area contributed by atoms with Crippen LogP contribution in [0.3, 0.4) is 0 Å². The lowest BCUT2D eigenvalue weighted by atomic mass is 9.78. The van der Waals surface area contributed by atoms with Crippen LogP contribution in [0.1, 0.15) is 60.8 Å². The van der Waals surface area contributed by atoms with Gasteiger partial charge in [0, 0.05) is 19.4 Å². The molecule has 2 aliphatic rings. The molecule has 0 saturated carbocycles.